The monoisotopic (exact) mass is 427 g/mol. The Balaban J connectivity index is 1.61. The molecule has 142 valence electrons. The predicted molar refractivity (Wildman–Crippen MR) is 117 cm³/mol. The molecule has 0 aliphatic rings. The number of carbonyl (C=O) groups excluding carboxylic acids is 1. The Labute approximate surface area is 175 Å². The highest BCUT2D eigenvalue weighted by molar-refractivity contribution is 8.00. The lowest BCUT2D eigenvalue weighted by Gasteiger charge is -2.05. The fourth-order valence-corrected chi connectivity index (χ4v) is 4.96. The van der Waals surface area contributed by atoms with E-state index in [1.165, 1.54) is 0 Å². The summed E-state index contributed by atoms with van der Waals surface area (Å²) in [6, 6.07) is 11.4. The highest BCUT2D eigenvalue weighted by Gasteiger charge is 2.21. The van der Waals surface area contributed by atoms with Crippen LogP contribution in [0.3, 0.4) is 0 Å². The van der Waals surface area contributed by atoms with E-state index in [2.05, 4.69) is 15.3 Å². The van der Waals surface area contributed by atoms with Crippen LogP contribution in [-0.4, -0.2) is 22.1 Å². The number of para-hydroxylation sites is 1. The number of carbonyl (C=O) groups is 1. The molecule has 0 saturated heterocycles. The Morgan fingerprint density at radius 1 is 1.25 bits per heavy atom. The predicted octanol–water partition coefficient (Wildman–Crippen LogP) is 5.86. The molecule has 5 nitrogen and oxygen atoms in total. The number of rotatable bonds is 6. The van der Waals surface area contributed by atoms with Crippen LogP contribution in [-0.2, 0) is 5.75 Å². The van der Waals surface area contributed by atoms with Gasteiger partial charge in [-0.2, -0.15) is 0 Å². The largest absolute Gasteiger partial charge is 0.451 e. The third kappa shape index (κ3) is 4.09. The first-order chi connectivity index (χ1) is 13.6. The Morgan fingerprint density at radius 3 is 2.82 bits per heavy atom. The van der Waals surface area contributed by atoms with E-state index in [4.69, 9.17) is 4.42 Å². The first-order valence-electron chi connectivity index (χ1n) is 8.51. The molecule has 0 saturated carbocycles. The maximum absolute atomic E-state index is 12.9. The zero-order chi connectivity index (χ0) is 19.5. The van der Waals surface area contributed by atoms with Gasteiger partial charge >= 0.3 is 0 Å². The SMILES string of the molecule is CSc1ccc(NC(=O)c2oc3ccccc3c2CSc2nc(C)cs2)cn1. The summed E-state index contributed by atoms with van der Waals surface area (Å²) in [7, 11) is 0. The summed E-state index contributed by atoms with van der Waals surface area (Å²) >= 11 is 4.77. The molecule has 8 heteroatoms. The number of pyridine rings is 1. The van der Waals surface area contributed by atoms with E-state index in [0.29, 0.717) is 22.8 Å². The number of aryl methyl sites for hydroxylation is 1. The molecule has 3 heterocycles. The van der Waals surface area contributed by atoms with E-state index in [1.54, 1.807) is 41.1 Å². The molecule has 3 aromatic heterocycles. The molecular weight excluding hydrogens is 410 g/mol. The molecule has 0 atom stereocenters. The fourth-order valence-electron chi connectivity index (χ4n) is 2.72. The van der Waals surface area contributed by atoms with Crippen molar-refractivity contribution in [2.45, 2.75) is 22.0 Å². The molecule has 28 heavy (non-hydrogen) atoms. The summed E-state index contributed by atoms with van der Waals surface area (Å²) in [4.78, 5) is 21.7. The summed E-state index contributed by atoms with van der Waals surface area (Å²) in [6.45, 7) is 1.98. The topological polar surface area (TPSA) is 68.0 Å². The average molecular weight is 428 g/mol. The van der Waals surface area contributed by atoms with Crippen LogP contribution in [0.15, 0.2) is 61.8 Å². The molecule has 4 aromatic rings. The zero-order valence-corrected chi connectivity index (χ0v) is 17.7. The lowest BCUT2D eigenvalue weighted by molar-refractivity contribution is 0.0998. The van der Waals surface area contributed by atoms with E-state index in [0.717, 1.165) is 26.0 Å². The molecule has 0 unspecified atom stereocenters. The van der Waals surface area contributed by atoms with E-state index in [1.807, 2.05) is 55.0 Å². The van der Waals surface area contributed by atoms with Gasteiger partial charge in [0.05, 0.1) is 16.9 Å². The summed E-state index contributed by atoms with van der Waals surface area (Å²) in [5, 5.41) is 6.76. The van der Waals surface area contributed by atoms with Crippen molar-refractivity contribution >= 4 is 57.4 Å². The van der Waals surface area contributed by atoms with Crippen molar-refractivity contribution in [3.63, 3.8) is 0 Å². The molecule has 1 N–H and O–H groups in total. The van der Waals surface area contributed by atoms with Crippen molar-refractivity contribution in [3.05, 3.63) is 65.0 Å². The van der Waals surface area contributed by atoms with Crippen LogP contribution in [0, 0.1) is 6.92 Å². The quantitative estimate of drug-likeness (QED) is 0.389. The van der Waals surface area contributed by atoms with Gasteiger partial charge in [0.1, 0.15) is 9.92 Å². The third-order valence-corrected chi connectivity index (χ3v) is 6.87. The standard InChI is InChI=1S/C20H17N3O2S3/c1-12-10-27-20(22-12)28-11-15-14-5-3-4-6-16(14)25-18(15)19(24)23-13-7-8-17(26-2)21-9-13/h3-10H,11H2,1-2H3,(H,23,24). The molecule has 0 aliphatic carbocycles. The number of anilines is 1. The lowest BCUT2D eigenvalue weighted by atomic mass is 10.1. The number of furan rings is 1. The van der Waals surface area contributed by atoms with Crippen LogP contribution in [0.1, 0.15) is 21.8 Å². The van der Waals surface area contributed by atoms with Crippen molar-refractivity contribution in [3.8, 4) is 0 Å². The Bertz CT molecular complexity index is 1120. The minimum Gasteiger partial charge on any atom is -0.451 e. The molecule has 1 amide bonds. The minimum atomic E-state index is -0.277. The van der Waals surface area contributed by atoms with E-state index < -0.39 is 0 Å². The van der Waals surface area contributed by atoms with Crippen molar-refractivity contribution in [2.24, 2.45) is 0 Å². The van der Waals surface area contributed by atoms with Gasteiger partial charge in [-0.15, -0.1) is 23.1 Å². The van der Waals surface area contributed by atoms with Gasteiger partial charge in [0.2, 0.25) is 0 Å². The number of nitrogens with zero attached hydrogens (tertiary/aromatic N) is 2. The number of aromatic nitrogens is 2. The number of benzene rings is 1. The molecule has 0 fully saturated rings. The van der Waals surface area contributed by atoms with E-state index in [-0.39, 0.29) is 5.91 Å². The first kappa shape index (κ1) is 19.0. The molecule has 0 aliphatic heterocycles. The second-order valence-electron chi connectivity index (χ2n) is 5.99. The van der Waals surface area contributed by atoms with Crippen molar-refractivity contribution < 1.29 is 9.21 Å². The summed E-state index contributed by atoms with van der Waals surface area (Å²) in [5.41, 5.74) is 3.22. The molecule has 0 radical (unpaired) electrons. The molecule has 0 spiro atoms. The van der Waals surface area contributed by atoms with Crippen LogP contribution in [0.25, 0.3) is 11.0 Å². The van der Waals surface area contributed by atoms with Gasteiger partial charge in [0.15, 0.2) is 5.76 Å². The maximum Gasteiger partial charge on any atom is 0.291 e. The molecule has 0 bridgehead atoms. The second kappa shape index (κ2) is 8.38. The zero-order valence-electron chi connectivity index (χ0n) is 15.3. The van der Waals surface area contributed by atoms with Gasteiger partial charge in [-0.1, -0.05) is 30.0 Å². The van der Waals surface area contributed by atoms with Crippen molar-refractivity contribution in [1.29, 1.82) is 0 Å². The summed E-state index contributed by atoms with van der Waals surface area (Å²) < 4.78 is 6.88. The Morgan fingerprint density at radius 2 is 2.11 bits per heavy atom. The molecule has 1 aromatic carbocycles. The Kier molecular flexibility index (Phi) is 5.70. The van der Waals surface area contributed by atoms with Crippen LogP contribution >= 0.6 is 34.9 Å². The van der Waals surface area contributed by atoms with Gasteiger partial charge in [0, 0.05) is 27.8 Å². The highest BCUT2D eigenvalue weighted by atomic mass is 32.2. The number of thioether (sulfide) groups is 2. The number of hydrogen-bond acceptors (Lipinski definition) is 7. The number of hydrogen-bond donors (Lipinski definition) is 1. The minimum absolute atomic E-state index is 0.277. The van der Waals surface area contributed by atoms with Gasteiger partial charge in [0.25, 0.3) is 5.91 Å². The summed E-state index contributed by atoms with van der Waals surface area (Å²) in [6.07, 6.45) is 3.61. The van der Waals surface area contributed by atoms with Gasteiger partial charge in [-0.3, -0.25) is 4.79 Å². The smallest absolute Gasteiger partial charge is 0.291 e. The first-order valence-corrected chi connectivity index (χ1v) is 11.6. The second-order valence-corrected chi connectivity index (χ2v) is 8.90. The maximum atomic E-state index is 12.9. The van der Waals surface area contributed by atoms with Crippen molar-refractivity contribution in [2.75, 3.05) is 11.6 Å². The normalized spacial score (nSPS) is 11.1. The van der Waals surface area contributed by atoms with E-state index >= 15 is 0 Å². The number of amides is 1. The van der Waals surface area contributed by atoms with Gasteiger partial charge < -0.3 is 9.73 Å². The molecule has 4 rings (SSSR count). The third-order valence-electron chi connectivity index (χ3n) is 4.05. The Hall–Kier alpha value is -2.29. The van der Waals surface area contributed by atoms with Crippen LogP contribution < -0.4 is 5.32 Å². The highest BCUT2D eigenvalue weighted by Crippen LogP contribution is 2.33. The van der Waals surface area contributed by atoms with Gasteiger partial charge in [-0.05, 0) is 31.4 Å². The number of nitrogens with one attached hydrogen (secondary N) is 1. The summed E-state index contributed by atoms with van der Waals surface area (Å²) in [5.74, 6) is 0.660. The number of fused-ring (bicyclic) bond motifs is 1. The van der Waals surface area contributed by atoms with Gasteiger partial charge in [-0.25, -0.2) is 9.97 Å². The van der Waals surface area contributed by atoms with Crippen LogP contribution in [0.4, 0.5) is 5.69 Å². The lowest BCUT2D eigenvalue weighted by Crippen LogP contribution is -2.13. The van der Waals surface area contributed by atoms with Crippen LogP contribution in [0.5, 0.6) is 0 Å². The molecular formula is C20H17N3O2S3. The van der Waals surface area contributed by atoms with Crippen molar-refractivity contribution in [1.82, 2.24) is 9.97 Å². The van der Waals surface area contributed by atoms with E-state index in [9.17, 15) is 4.79 Å². The average Bonchev–Trinajstić information content (AvgIpc) is 3.30. The number of thiazole rings is 1. The fraction of sp³-hybridized carbons (Fsp3) is 0.150. The van der Waals surface area contributed by atoms with Crippen LogP contribution in [0.2, 0.25) is 0 Å².